The van der Waals surface area contributed by atoms with Crippen LogP contribution in [0.25, 0.3) is 11.1 Å². The summed E-state index contributed by atoms with van der Waals surface area (Å²) in [5.41, 5.74) is 4.67. The molecule has 1 fully saturated rings. The lowest BCUT2D eigenvalue weighted by atomic mass is 9.98. The van der Waals surface area contributed by atoms with E-state index in [2.05, 4.69) is 34.9 Å². The maximum atomic E-state index is 12.6. The molecule has 3 atom stereocenters. The summed E-state index contributed by atoms with van der Waals surface area (Å²) in [6.45, 7) is 1.96. The van der Waals surface area contributed by atoms with Crippen LogP contribution in [0.4, 0.5) is 4.79 Å². The average molecular weight is 451 g/mol. The van der Waals surface area contributed by atoms with Gasteiger partial charge < -0.3 is 20.5 Å². The molecule has 0 saturated heterocycles. The number of carbonyl (C=O) groups excluding carboxylic acids is 2. The van der Waals surface area contributed by atoms with E-state index in [9.17, 15) is 14.4 Å². The van der Waals surface area contributed by atoms with Crippen molar-refractivity contribution in [3.63, 3.8) is 0 Å². The first kappa shape index (κ1) is 22.8. The van der Waals surface area contributed by atoms with Gasteiger partial charge in [0.05, 0.1) is 0 Å². The highest BCUT2D eigenvalue weighted by atomic mass is 16.5. The van der Waals surface area contributed by atoms with Gasteiger partial charge in [0.1, 0.15) is 12.6 Å². The first-order valence-electron chi connectivity index (χ1n) is 11.6. The highest BCUT2D eigenvalue weighted by Crippen LogP contribution is 2.44. The zero-order valence-electron chi connectivity index (χ0n) is 18.8. The Kier molecular flexibility index (Phi) is 6.96. The number of carbonyl (C=O) groups is 3. The van der Waals surface area contributed by atoms with E-state index >= 15 is 0 Å². The molecule has 174 valence electrons. The Labute approximate surface area is 193 Å². The molecule has 33 heavy (non-hydrogen) atoms. The Balaban J connectivity index is 1.33. The lowest BCUT2D eigenvalue weighted by Crippen LogP contribution is -2.43. The minimum Gasteiger partial charge on any atom is -0.480 e. The molecule has 0 bridgehead atoms. The fraction of sp³-hybridized carbons (Fsp3) is 0.423. The number of carboxylic acid groups (broad SMARTS) is 1. The molecule has 0 aliphatic heterocycles. The molecule has 3 N–H and O–H groups in total. The summed E-state index contributed by atoms with van der Waals surface area (Å²) in [4.78, 5) is 36.1. The Hall–Kier alpha value is -3.35. The van der Waals surface area contributed by atoms with Gasteiger partial charge >= 0.3 is 12.1 Å². The molecular weight excluding hydrogens is 420 g/mol. The van der Waals surface area contributed by atoms with Gasteiger partial charge in [0, 0.05) is 18.4 Å². The summed E-state index contributed by atoms with van der Waals surface area (Å²) in [6, 6.07) is 15.3. The molecule has 0 aromatic heterocycles. The van der Waals surface area contributed by atoms with Crippen molar-refractivity contribution in [2.75, 3.05) is 6.61 Å². The predicted molar refractivity (Wildman–Crippen MR) is 124 cm³/mol. The van der Waals surface area contributed by atoms with E-state index in [1.54, 1.807) is 6.92 Å². The van der Waals surface area contributed by atoms with Crippen LogP contribution in [0.2, 0.25) is 0 Å². The van der Waals surface area contributed by atoms with Gasteiger partial charge in [-0.3, -0.25) is 4.79 Å². The maximum Gasteiger partial charge on any atom is 0.407 e. The lowest BCUT2D eigenvalue weighted by Gasteiger charge is -2.22. The summed E-state index contributed by atoms with van der Waals surface area (Å²) in [6.07, 6.45) is 2.53. The Morgan fingerprint density at radius 2 is 1.67 bits per heavy atom. The molecular formula is C26H30N2O5. The molecule has 1 unspecified atom stereocenters. The van der Waals surface area contributed by atoms with E-state index in [1.807, 2.05) is 24.3 Å². The number of rotatable bonds is 8. The third-order valence-electron chi connectivity index (χ3n) is 6.80. The molecule has 2 aliphatic rings. The SMILES string of the molecule is CCC(NC(=O)C[C@@H]1CCC[C@H]1NC(=O)OCC1c2ccccc2-c2ccccc21)C(=O)O. The van der Waals surface area contributed by atoms with Crippen molar-refractivity contribution in [1.82, 2.24) is 10.6 Å². The first-order valence-corrected chi connectivity index (χ1v) is 11.6. The normalized spacial score (nSPS) is 19.9. The number of benzene rings is 2. The van der Waals surface area contributed by atoms with Crippen LogP contribution in [0.1, 0.15) is 56.1 Å². The Morgan fingerprint density at radius 3 is 2.27 bits per heavy atom. The number of aliphatic carboxylic acids is 1. The number of hydrogen-bond acceptors (Lipinski definition) is 4. The van der Waals surface area contributed by atoms with E-state index in [4.69, 9.17) is 9.84 Å². The van der Waals surface area contributed by atoms with Crippen LogP contribution in [0.5, 0.6) is 0 Å². The maximum absolute atomic E-state index is 12.6. The average Bonchev–Trinajstić information content (AvgIpc) is 3.37. The van der Waals surface area contributed by atoms with Gasteiger partial charge in [0.2, 0.25) is 5.91 Å². The highest BCUT2D eigenvalue weighted by molar-refractivity contribution is 5.83. The number of carboxylic acids is 1. The van der Waals surface area contributed by atoms with Gasteiger partial charge in [-0.2, -0.15) is 0 Å². The smallest absolute Gasteiger partial charge is 0.407 e. The van der Waals surface area contributed by atoms with Crippen LogP contribution < -0.4 is 10.6 Å². The standard InChI is InChI=1S/C26H30N2O5/c1-2-22(25(30)31)27-24(29)14-16-8-7-13-23(16)28-26(32)33-15-21-19-11-5-3-9-17(19)18-10-4-6-12-20(18)21/h3-6,9-12,16,21-23H,2,7-8,13-15H2,1H3,(H,27,29)(H,28,32)(H,30,31)/t16-,22?,23+/m0/s1. The van der Waals surface area contributed by atoms with Crippen LogP contribution in [0.15, 0.2) is 48.5 Å². The molecule has 2 amide bonds. The van der Waals surface area contributed by atoms with Crippen LogP contribution in [-0.2, 0) is 14.3 Å². The molecule has 7 nitrogen and oxygen atoms in total. The quantitative estimate of drug-likeness (QED) is 0.563. The largest absolute Gasteiger partial charge is 0.480 e. The molecule has 7 heteroatoms. The van der Waals surface area contributed by atoms with Crippen molar-refractivity contribution in [2.24, 2.45) is 5.92 Å². The summed E-state index contributed by atoms with van der Waals surface area (Å²) in [7, 11) is 0. The second kappa shape index (κ2) is 10.1. The van der Waals surface area contributed by atoms with Gasteiger partial charge in [-0.05, 0) is 47.4 Å². The van der Waals surface area contributed by atoms with Gasteiger partial charge in [0.25, 0.3) is 0 Å². The van der Waals surface area contributed by atoms with Crippen LogP contribution in [-0.4, -0.2) is 41.8 Å². The number of nitrogens with one attached hydrogen (secondary N) is 2. The van der Waals surface area contributed by atoms with E-state index in [1.165, 1.54) is 11.1 Å². The highest BCUT2D eigenvalue weighted by Gasteiger charge is 2.33. The molecule has 0 heterocycles. The molecule has 0 spiro atoms. The summed E-state index contributed by atoms with van der Waals surface area (Å²) in [5.74, 6) is -1.37. The van der Waals surface area contributed by atoms with E-state index in [-0.39, 0.29) is 36.8 Å². The second-order valence-corrected chi connectivity index (χ2v) is 8.84. The minimum atomic E-state index is -1.04. The monoisotopic (exact) mass is 450 g/mol. The van der Waals surface area contributed by atoms with Crippen molar-refractivity contribution in [3.8, 4) is 11.1 Å². The topological polar surface area (TPSA) is 105 Å². The second-order valence-electron chi connectivity index (χ2n) is 8.84. The van der Waals surface area contributed by atoms with Crippen molar-refractivity contribution in [3.05, 3.63) is 59.7 Å². The number of ether oxygens (including phenoxy) is 1. The molecule has 0 radical (unpaired) electrons. The van der Waals surface area contributed by atoms with Crippen molar-refractivity contribution in [2.45, 2.75) is 57.0 Å². The Bertz CT molecular complexity index is 991. The number of amides is 2. The molecule has 2 aliphatic carbocycles. The first-order chi connectivity index (χ1) is 16.0. The van der Waals surface area contributed by atoms with Gasteiger partial charge in [0.15, 0.2) is 0 Å². The predicted octanol–water partition coefficient (Wildman–Crippen LogP) is 4.06. The van der Waals surface area contributed by atoms with Gasteiger partial charge in [-0.25, -0.2) is 9.59 Å². The van der Waals surface area contributed by atoms with Crippen molar-refractivity contribution >= 4 is 18.0 Å². The summed E-state index contributed by atoms with van der Waals surface area (Å²) in [5, 5.41) is 14.6. The minimum absolute atomic E-state index is 0.00435. The molecule has 2 aromatic carbocycles. The van der Waals surface area contributed by atoms with E-state index in [0.29, 0.717) is 6.42 Å². The molecule has 2 aromatic rings. The van der Waals surface area contributed by atoms with E-state index in [0.717, 1.165) is 30.4 Å². The van der Waals surface area contributed by atoms with Gasteiger partial charge in [-0.15, -0.1) is 0 Å². The van der Waals surface area contributed by atoms with Crippen molar-refractivity contribution in [1.29, 1.82) is 0 Å². The third-order valence-corrected chi connectivity index (χ3v) is 6.80. The van der Waals surface area contributed by atoms with Crippen LogP contribution in [0, 0.1) is 5.92 Å². The van der Waals surface area contributed by atoms with Crippen molar-refractivity contribution < 1.29 is 24.2 Å². The van der Waals surface area contributed by atoms with Crippen LogP contribution >= 0.6 is 0 Å². The number of alkyl carbamates (subject to hydrolysis) is 1. The summed E-state index contributed by atoms with van der Waals surface area (Å²) < 4.78 is 5.64. The zero-order valence-corrected chi connectivity index (χ0v) is 18.8. The fourth-order valence-corrected chi connectivity index (χ4v) is 5.09. The Morgan fingerprint density at radius 1 is 1.03 bits per heavy atom. The molecule has 1 saturated carbocycles. The number of hydrogen-bond donors (Lipinski definition) is 3. The molecule has 4 rings (SSSR count). The summed E-state index contributed by atoms with van der Waals surface area (Å²) >= 11 is 0. The zero-order chi connectivity index (χ0) is 23.4. The lowest BCUT2D eigenvalue weighted by molar-refractivity contribution is -0.142. The van der Waals surface area contributed by atoms with Gasteiger partial charge in [-0.1, -0.05) is 61.9 Å². The fourth-order valence-electron chi connectivity index (χ4n) is 5.09. The number of fused-ring (bicyclic) bond motifs is 3. The third kappa shape index (κ3) is 5.02. The van der Waals surface area contributed by atoms with Crippen LogP contribution in [0.3, 0.4) is 0 Å². The van der Waals surface area contributed by atoms with E-state index < -0.39 is 18.1 Å².